The lowest BCUT2D eigenvalue weighted by atomic mass is 10.1. The van der Waals surface area contributed by atoms with E-state index in [0.29, 0.717) is 6.42 Å². The summed E-state index contributed by atoms with van der Waals surface area (Å²) in [4.78, 5) is 20.9. The summed E-state index contributed by atoms with van der Waals surface area (Å²) in [6.07, 6.45) is 6.45. The van der Waals surface area contributed by atoms with Gasteiger partial charge in [0.2, 0.25) is 0 Å². The van der Waals surface area contributed by atoms with Gasteiger partial charge in [-0.15, -0.1) is 0 Å². The molecule has 4 nitrogen and oxygen atoms in total. The van der Waals surface area contributed by atoms with E-state index in [1.54, 1.807) is 23.0 Å². The fraction of sp³-hybridized carbons (Fsp3) is 0.800. The predicted octanol–water partition coefficient (Wildman–Crippen LogP) is 3.09. The predicted molar refractivity (Wildman–Crippen MR) is 64.7 cm³/mol. The maximum absolute atomic E-state index is 10.7. The molecule has 0 spiro atoms. The Morgan fingerprint density at radius 1 is 0.933 bits per heavy atom. The summed E-state index contributed by atoms with van der Waals surface area (Å²) in [5.41, 5.74) is 0. The molecule has 0 rings (SSSR count). The zero-order valence-electron chi connectivity index (χ0n) is 8.71. The third kappa shape index (κ3) is 11.6. The highest BCUT2D eigenvalue weighted by Crippen LogP contribution is 2.09. The van der Waals surface area contributed by atoms with Crippen LogP contribution in [0.4, 0.5) is 0 Å². The van der Waals surface area contributed by atoms with Gasteiger partial charge in [-0.05, 0) is 12.8 Å². The minimum Gasteiger partial charge on any atom is -0.481 e. The van der Waals surface area contributed by atoms with Gasteiger partial charge >= 0.3 is 11.9 Å². The molecule has 0 aromatic heterocycles. The average Bonchev–Trinajstić information content (AvgIpc) is 2.21. The van der Waals surface area contributed by atoms with E-state index >= 15 is 0 Å². The minimum absolute atomic E-state index is 0.165. The van der Waals surface area contributed by atoms with E-state index in [4.69, 9.17) is 5.11 Å². The molecule has 0 heterocycles. The molecule has 0 unspecified atom stereocenters. The van der Waals surface area contributed by atoms with Gasteiger partial charge in [0.1, 0.15) is 0 Å². The van der Waals surface area contributed by atoms with Crippen LogP contribution in [0.5, 0.6) is 0 Å². The molecule has 0 saturated heterocycles. The van der Waals surface area contributed by atoms with Gasteiger partial charge in [-0.2, -0.15) is 0 Å². The number of hydrogen-bond donors (Lipinski definition) is 1. The average molecular weight is 328 g/mol. The standard InChI is InChI=1S/C10H17IO4/c11-15-10(14)8-6-4-2-1-3-5-7-9(12)13/h1-8H2,(H,12,13). The van der Waals surface area contributed by atoms with Gasteiger partial charge in [0.05, 0.1) is 0 Å². The van der Waals surface area contributed by atoms with Gasteiger partial charge < -0.3 is 8.17 Å². The van der Waals surface area contributed by atoms with Gasteiger partial charge in [-0.3, -0.25) is 9.59 Å². The number of carboxylic acid groups (broad SMARTS) is 1. The molecule has 0 atom stereocenters. The SMILES string of the molecule is O=C(O)CCCCCCCCC(=O)OI. The van der Waals surface area contributed by atoms with Crippen molar-refractivity contribution in [1.29, 1.82) is 0 Å². The van der Waals surface area contributed by atoms with Gasteiger partial charge in [0.15, 0.2) is 23.0 Å². The molecule has 0 radical (unpaired) electrons. The number of halogens is 1. The van der Waals surface area contributed by atoms with Crippen molar-refractivity contribution in [2.24, 2.45) is 0 Å². The van der Waals surface area contributed by atoms with Crippen LogP contribution in [0.1, 0.15) is 51.4 Å². The van der Waals surface area contributed by atoms with Crippen LogP contribution < -0.4 is 0 Å². The van der Waals surface area contributed by atoms with Gasteiger partial charge in [-0.1, -0.05) is 25.7 Å². The van der Waals surface area contributed by atoms with Crippen LogP contribution in [0.2, 0.25) is 0 Å². The van der Waals surface area contributed by atoms with Crippen molar-refractivity contribution >= 4 is 34.9 Å². The molecule has 0 bridgehead atoms. The summed E-state index contributed by atoms with van der Waals surface area (Å²) >= 11 is 1.59. The molecule has 0 aliphatic carbocycles. The topological polar surface area (TPSA) is 63.6 Å². The van der Waals surface area contributed by atoms with E-state index in [9.17, 15) is 9.59 Å². The third-order valence-corrected chi connectivity index (χ3v) is 2.60. The van der Waals surface area contributed by atoms with Crippen LogP contribution in [0, 0.1) is 0 Å². The normalized spacial score (nSPS) is 9.93. The van der Waals surface area contributed by atoms with Gasteiger partial charge in [-0.25, -0.2) is 0 Å². The number of aliphatic carboxylic acids is 1. The number of rotatable bonds is 9. The lowest BCUT2D eigenvalue weighted by Gasteiger charge is -1.99. The quantitative estimate of drug-likeness (QED) is 0.522. The van der Waals surface area contributed by atoms with Crippen molar-refractivity contribution in [2.75, 3.05) is 0 Å². The fourth-order valence-corrected chi connectivity index (χ4v) is 1.51. The van der Waals surface area contributed by atoms with Crippen molar-refractivity contribution in [3.63, 3.8) is 0 Å². The first kappa shape index (κ1) is 14.7. The Morgan fingerprint density at radius 2 is 1.40 bits per heavy atom. The number of unbranched alkanes of at least 4 members (excludes halogenated alkanes) is 5. The lowest BCUT2D eigenvalue weighted by Crippen LogP contribution is -1.95. The highest BCUT2D eigenvalue weighted by molar-refractivity contribution is 14.1. The van der Waals surface area contributed by atoms with Gasteiger partial charge in [0, 0.05) is 12.8 Å². The minimum atomic E-state index is -0.722. The van der Waals surface area contributed by atoms with Crippen LogP contribution in [-0.4, -0.2) is 17.0 Å². The summed E-state index contributed by atoms with van der Waals surface area (Å²) in [6.45, 7) is 0. The number of carbonyl (C=O) groups is 2. The second-order valence-corrected chi connectivity index (χ2v) is 3.90. The van der Waals surface area contributed by atoms with Crippen LogP contribution in [0.25, 0.3) is 0 Å². The zero-order valence-corrected chi connectivity index (χ0v) is 10.9. The van der Waals surface area contributed by atoms with Crippen molar-refractivity contribution in [3.05, 3.63) is 0 Å². The molecule has 15 heavy (non-hydrogen) atoms. The second kappa shape index (κ2) is 10.2. The lowest BCUT2D eigenvalue weighted by molar-refractivity contribution is -0.137. The van der Waals surface area contributed by atoms with Crippen LogP contribution in [0.3, 0.4) is 0 Å². The highest BCUT2D eigenvalue weighted by atomic mass is 127. The largest absolute Gasteiger partial charge is 0.481 e. The molecule has 1 N–H and O–H groups in total. The number of hydrogen-bond acceptors (Lipinski definition) is 3. The number of carboxylic acids is 1. The molecule has 88 valence electrons. The summed E-state index contributed by atoms with van der Waals surface area (Å²) in [6, 6.07) is 0. The maximum Gasteiger partial charge on any atom is 0.315 e. The van der Waals surface area contributed by atoms with E-state index in [1.807, 2.05) is 0 Å². The highest BCUT2D eigenvalue weighted by Gasteiger charge is 2.00. The van der Waals surface area contributed by atoms with E-state index in [-0.39, 0.29) is 12.4 Å². The van der Waals surface area contributed by atoms with E-state index in [1.165, 1.54) is 0 Å². The van der Waals surface area contributed by atoms with E-state index in [0.717, 1.165) is 38.5 Å². The van der Waals surface area contributed by atoms with E-state index < -0.39 is 5.97 Å². The monoisotopic (exact) mass is 328 g/mol. The van der Waals surface area contributed by atoms with Crippen LogP contribution in [-0.2, 0) is 12.7 Å². The summed E-state index contributed by atoms with van der Waals surface area (Å²) in [7, 11) is 0. The van der Waals surface area contributed by atoms with E-state index in [2.05, 4.69) is 3.07 Å². The Bertz CT molecular complexity index is 194. The Labute approximate surface area is 104 Å². The first-order valence-electron chi connectivity index (χ1n) is 5.20. The Balaban J connectivity index is 3.05. The Kier molecular flexibility index (Phi) is 9.97. The molecule has 0 aliphatic heterocycles. The first-order chi connectivity index (χ1) is 7.16. The molecule has 0 saturated carbocycles. The molecule has 5 heteroatoms. The molecular weight excluding hydrogens is 311 g/mol. The van der Waals surface area contributed by atoms with Crippen molar-refractivity contribution in [2.45, 2.75) is 51.4 Å². The summed E-state index contributed by atoms with van der Waals surface area (Å²) < 4.78 is 4.49. The molecule has 0 aliphatic rings. The smallest absolute Gasteiger partial charge is 0.315 e. The van der Waals surface area contributed by atoms with Crippen molar-refractivity contribution in [1.82, 2.24) is 0 Å². The summed E-state index contributed by atoms with van der Waals surface area (Å²) in [5, 5.41) is 8.39. The van der Waals surface area contributed by atoms with Crippen molar-refractivity contribution in [3.8, 4) is 0 Å². The Hall–Kier alpha value is -0.330. The zero-order chi connectivity index (χ0) is 11.5. The second-order valence-electron chi connectivity index (χ2n) is 3.46. The summed E-state index contributed by atoms with van der Waals surface area (Å²) in [5.74, 6) is -0.888. The van der Waals surface area contributed by atoms with Crippen LogP contribution >= 0.6 is 23.0 Å². The third-order valence-electron chi connectivity index (χ3n) is 2.11. The molecule has 0 fully saturated rings. The first-order valence-corrected chi connectivity index (χ1v) is 6.08. The van der Waals surface area contributed by atoms with Gasteiger partial charge in [0.25, 0.3) is 0 Å². The molecule has 0 amide bonds. The fourth-order valence-electron chi connectivity index (χ4n) is 1.29. The van der Waals surface area contributed by atoms with Crippen molar-refractivity contribution < 1.29 is 17.8 Å². The maximum atomic E-state index is 10.7. The van der Waals surface area contributed by atoms with Crippen LogP contribution in [0.15, 0.2) is 0 Å². The molecular formula is C10H17IO4. The Morgan fingerprint density at radius 3 is 1.87 bits per heavy atom. The molecule has 0 aromatic carbocycles. The number of carbonyl (C=O) groups excluding carboxylic acids is 1. The molecule has 0 aromatic rings.